The van der Waals surface area contributed by atoms with Crippen LogP contribution >= 0.6 is 0 Å². The largest absolute Gasteiger partial charge is 0.457 e. The summed E-state index contributed by atoms with van der Waals surface area (Å²) in [6.45, 7) is 42.1. The molecular weight excluding hydrogens is 1220 g/mol. The Morgan fingerprint density at radius 3 is 1.31 bits per heavy atom. The molecule has 0 fully saturated rings. The standard InChI is InChI=1S/C97H95N3O/c1-92(2,3)65-39-43-80-76(55-65)77-56-66(93(4,5)6)40-44-81(77)99(80)72-41-42-74-82(57-72)100(91-75(59-30-22-19-23-31-59)58-84-89(87(91)60-32-24-20-25-33-60)73-36-28-29-37-79(73)98(84)71-34-26-21-27-35-71)83-51-64(63-48-69(96(13,14)15)54-70(49-63)97(16,17)18)52-86-90(83)88(74)78-50-61(38-45-85(78)101-86)62-46-67(94(7,8)9)53-68(47-62)95(10,11)12/h19-58,88H,1-18H3. The molecule has 1 unspecified atom stereocenters. The second-order valence-electron chi connectivity index (χ2n) is 35.1. The minimum absolute atomic E-state index is 0.0599. The van der Waals surface area contributed by atoms with Crippen LogP contribution in [0.4, 0.5) is 17.1 Å². The Balaban J connectivity index is 1.09. The highest BCUT2D eigenvalue weighted by Gasteiger charge is 2.43. The van der Waals surface area contributed by atoms with E-state index < -0.39 is 0 Å². The highest BCUT2D eigenvalue weighted by atomic mass is 16.5. The summed E-state index contributed by atoms with van der Waals surface area (Å²) in [6, 6.07) is 93.5. The van der Waals surface area contributed by atoms with Crippen LogP contribution in [0.2, 0.25) is 0 Å². The molecule has 0 saturated carbocycles. The third-order valence-corrected chi connectivity index (χ3v) is 21.8. The van der Waals surface area contributed by atoms with Gasteiger partial charge in [-0.05, 0) is 190 Å². The van der Waals surface area contributed by atoms with Crippen LogP contribution in [-0.4, -0.2) is 9.13 Å². The van der Waals surface area contributed by atoms with Gasteiger partial charge in [-0.25, -0.2) is 0 Å². The van der Waals surface area contributed by atoms with Crippen molar-refractivity contribution in [2.75, 3.05) is 4.90 Å². The summed E-state index contributed by atoms with van der Waals surface area (Å²) < 4.78 is 12.8. The molecule has 0 bridgehead atoms. The normalized spacial score (nSPS) is 14.2. The number of ether oxygens (including phenoxy) is 1. The van der Waals surface area contributed by atoms with Crippen molar-refractivity contribution in [3.63, 3.8) is 0 Å². The van der Waals surface area contributed by atoms with E-state index in [0.717, 1.165) is 95.5 Å². The summed E-state index contributed by atoms with van der Waals surface area (Å²) >= 11 is 0. The molecule has 504 valence electrons. The van der Waals surface area contributed by atoms with E-state index in [1.165, 1.54) is 82.6 Å². The van der Waals surface area contributed by atoms with Gasteiger partial charge in [-0.3, -0.25) is 0 Å². The topological polar surface area (TPSA) is 22.3 Å². The van der Waals surface area contributed by atoms with Gasteiger partial charge in [0.05, 0.1) is 39.1 Å². The molecule has 4 heterocycles. The van der Waals surface area contributed by atoms with Crippen molar-refractivity contribution in [1.29, 1.82) is 0 Å². The number of nitrogens with zero attached hydrogens (tertiary/aromatic N) is 3. The van der Waals surface area contributed by atoms with Crippen molar-refractivity contribution in [2.45, 2.75) is 163 Å². The van der Waals surface area contributed by atoms with Gasteiger partial charge >= 0.3 is 0 Å². The fourth-order valence-corrected chi connectivity index (χ4v) is 15.9. The molecule has 4 nitrogen and oxygen atoms in total. The predicted molar refractivity (Wildman–Crippen MR) is 431 cm³/mol. The van der Waals surface area contributed by atoms with Crippen LogP contribution in [-0.2, 0) is 32.5 Å². The molecule has 0 radical (unpaired) electrons. The first-order chi connectivity index (χ1) is 47.9. The zero-order valence-electron chi connectivity index (χ0n) is 62.4. The van der Waals surface area contributed by atoms with Crippen LogP contribution in [0.1, 0.15) is 181 Å². The van der Waals surface area contributed by atoms with E-state index in [1.54, 1.807) is 0 Å². The van der Waals surface area contributed by atoms with Crippen LogP contribution < -0.4 is 9.64 Å². The molecule has 0 N–H and O–H groups in total. The number of fused-ring (bicyclic) bond motifs is 10. The zero-order valence-corrected chi connectivity index (χ0v) is 62.4. The van der Waals surface area contributed by atoms with Crippen LogP contribution in [0.15, 0.2) is 243 Å². The molecule has 14 aromatic rings. The second-order valence-corrected chi connectivity index (χ2v) is 35.1. The number of anilines is 3. The Morgan fingerprint density at radius 2 is 0.762 bits per heavy atom. The molecular formula is C97H95N3O. The summed E-state index contributed by atoms with van der Waals surface area (Å²) in [5.41, 5.74) is 30.2. The van der Waals surface area contributed by atoms with Crippen molar-refractivity contribution < 1.29 is 4.74 Å². The van der Waals surface area contributed by atoms with Gasteiger partial charge < -0.3 is 18.8 Å². The van der Waals surface area contributed by atoms with Crippen LogP contribution in [0.3, 0.4) is 0 Å². The van der Waals surface area contributed by atoms with Crippen molar-refractivity contribution >= 4 is 60.7 Å². The fourth-order valence-electron chi connectivity index (χ4n) is 15.9. The molecule has 12 aromatic carbocycles. The smallest absolute Gasteiger partial charge is 0.134 e. The lowest BCUT2D eigenvalue weighted by molar-refractivity contribution is 0.452. The van der Waals surface area contributed by atoms with Crippen molar-refractivity contribution in [3.8, 4) is 67.4 Å². The van der Waals surface area contributed by atoms with E-state index in [1.807, 2.05) is 0 Å². The number of hydrogen-bond donors (Lipinski definition) is 0. The first-order valence-electron chi connectivity index (χ1n) is 36.5. The van der Waals surface area contributed by atoms with E-state index in [0.29, 0.717) is 0 Å². The monoisotopic (exact) mass is 1320 g/mol. The molecule has 16 rings (SSSR count). The molecule has 2 aromatic heterocycles. The first-order valence-corrected chi connectivity index (χ1v) is 36.5. The summed E-state index contributed by atoms with van der Waals surface area (Å²) in [5, 5.41) is 4.89. The Hall–Kier alpha value is -10.2. The van der Waals surface area contributed by atoms with Gasteiger partial charge in [0.15, 0.2) is 0 Å². The maximum absolute atomic E-state index is 7.75. The van der Waals surface area contributed by atoms with E-state index in [4.69, 9.17) is 4.74 Å². The quantitative estimate of drug-likeness (QED) is 0.159. The second kappa shape index (κ2) is 23.2. The first kappa shape index (κ1) is 65.5. The lowest BCUT2D eigenvalue weighted by atomic mass is 9.75. The molecule has 0 saturated heterocycles. The number of hydrogen-bond acceptors (Lipinski definition) is 2. The maximum atomic E-state index is 7.75. The molecule has 2 aliphatic heterocycles. The van der Waals surface area contributed by atoms with E-state index in [-0.39, 0.29) is 38.4 Å². The number of benzene rings is 12. The minimum Gasteiger partial charge on any atom is -0.457 e. The lowest BCUT2D eigenvalue weighted by Crippen LogP contribution is -2.26. The Bertz CT molecular complexity index is 5520. The minimum atomic E-state index is -0.247. The molecule has 0 amide bonds. The SMILES string of the molecule is CC(C)(C)c1cc(-c2ccc3c(c2)C2c4ccc(-n5c6ccc(C(C)(C)C)cc6c6cc(C(C)(C)C)ccc65)cc4N(c4c(-c5ccccc5)cc5c(c4-c4ccccc4)c4ccccc4n5-c4ccccc4)c4cc(-c5cc(C(C)(C)C)cc(C(C)(C)C)c5)cc(c42)O3)cc(C(C)(C)C)c1. The highest BCUT2D eigenvalue weighted by Crippen LogP contribution is 2.63. The number of aromatic nitrogens is 2. The van der Waals surface area contributed by atoms with E-state index in [9.17, 15) is 0 Å². The van der Waals surface area contributed by atoms with Gasteiger partial charge in [-0.1, -0.05) is 282 Å². The fraction of sp³-hybridized carbons (Fsp3) is 0.258. The van der Waals surface area contributed by atoms with E-state index in [2.05, 4.69) is 381 Å². The summed E-state index contributed by atoms with van der Waals surface area (Å²) in [6.07, 6.45) is 0. The molecule has 2 aliphatic rings. The van der Waals surface area contributed by atoms with Crippen molar-refractivity contribution in [2.24, 2.45) is 0 Å². The lowest BCUT2D eigenvalue weighted by Gasteiger charge is -2.43. The molecule has 1 atom stereocenters. The van der Waals surface area contributed by atoms with E-state index >= 15 is 0 Å². The third-order valence-electron chi connectivity index (χ3n) is 21.8. The van der Waals surface area contributed by atoms with Gasteiger partial charge in [-0.2, -0.15) is 0 Å². The summed E-state index contributed by atoms with van der Waals surface area (Å²) in [7, 11) is 0. The van der Waals surface area contributed by atoms with Gasteiger partial charge in [0.1, 0.15) is 11.5 Å². The van der Waals surface area contributed by atoms with Crippen molar-refractivity contribution in [1.82, 2.24) is 9.13 Å². The Kier molecular flexibility index (Phi) is 15.0. The maximum Gasteiger partial charge on any atom is 0.134 e. The van der Waals surface area contributed by atoms with Crippen molar-refractivity contribution in [3.05, 3.63) is 293 Å². The predicted octanol–water partition coefficient (Wildman–Crippen LogP) is 27.4. The molecule has 101 heavy (non-hydrogen) atoms. The molecule has 0 spiro atoms. The highest BCUT2D eigenvalue weighted by molar-refractivity contribution is 6.22. The van der Waals surface area contributed by atoms with Crippen LogP contribution in [0.25, 0.3) is 99.5 Å². The van der Waals surface area contributed by atoms with Crippen LogP contribution in [0.5, 0.6) is 11.5 Å². The number of para-hydroxylation sites is 2. The van der Waals surface area contributed by atoms with Gasteiger partial charge in [0.25, 0.3) is 0 Å². The summed E-state index contributed by atoms with van der Waals surface area (Å²) in [4.78, 5) is 2.71. The Labute approximate surface area is 598 Å². The molecule has 4 heteroatoms. The zero-order chi connectivity index (χ0) is 70.8. The average molecular weight is 1320 g/mol. The van der Waals surface area contributed by atoms with Gasteiger partial charge in [0.2, 0.25) is 0 Å². The summed E-state index contributed by atoms with van der Waals surface area (Å²) in [5.74, 6) is 1.49. The Morgan fingerprint density at radius 1 is 0.287 bits per heavy atom. The average Bonchev–Trinajstić information content (AvgIpc) is 1.48. The van der Waals surface area contributed by atoms with Crippen LogP contribution in [0, 0.1) is 0 Å². The third kappa shape index (κ3) is 11.2. The van der Waals surface area contributed by atoms with Gasteiger partial charge in [0, 0.05) is 61.1 Å². The van der Waals surface area contributed by atoms with Gasteiger partial charge in [-0.15, -0.1) is 0 Å². The molecule has 0 aliphatic carbocycles. The number of rotatable bonds is 7.